The first-order chi connectivity index (χ1) is 47.0. The third-order valence-corrected chi connectivity index (χ3v) is 20.2. The van der Waals surface area contributed by atoms with Gasteiger partial charge in [0.15, 0.2) is 11.5 Å². The van der Waals surface area contributed by atoms with Gasteiger partial charge in [0, 0.05) is 88.3 Å². The number of aromatic hydroxyl groups is 1. The number of hydrogen-bond acceptors (Lipinski definition) is 23. The maximum absolute atomic E-state index is 15.0. The van der Waals surface area contributed by atoms with Crippen LogP contribution in [0.5, 0.6) is 11.5 Å². The van der Waals surface area contributed by atoms with Crippen LogP contribution in [0.15, 0.2) is 97.1 Å². The van der Waals surface area contributed by atoms with Crippen molar-refractivity contribution < 1.29 is 97.4 Å². The molecule has 1 saturated carbocycles. The van der Waals surface area contributed by atoms with Crippen LogP contribution >= 0.6 is 11.2 Å². The maximum Gasteiger partial charge on any atom is 0.266 e. The molecule has 0 spiro atoms. The zero-order chi connectivity index (χ0) is 71.6. The quantitative estimate of drug-likeness (QED) is 0.0529. The van der Waals surface area contributed by atoms with Gasteiger partial charge >= 0.3 is 0 Å². The average Bonchev–Trinajstić information content (AvgIpc) is 1.40. The number of carbonyl (C=O) groups excluding carboxylic acids is 7. The minimum absolute atomic E-state index is 0.0574. The number of fused-ring (bicyclic) bond motifs is 2. The number of hydrogen-bond donors (Lipinski definition) is 18. The van der Waals surface area contributed by atoms with E-state index in [0.29, 0.717) is 6.04 Å². The lowest BCUT2D eigenvalue weighted by molar-refractivity contribution is -0.147. The molecule has 4 aliphatic heterocycles. The molecule has 542 valence electrons. The fourth-order valence-corrected chi connectivity index (χ4v) is 14.3. The minimum atomic E-state index is -4.74. The van der Waals surface area contributed by atoms with Gasteiger partial charge in [-0.3, -0.25) is 52.1 Å². The molecule has 0 radical (unpaired) electrons. The molecule has 4 aromatic carbocycles. The third kappa shape index (κ3) is 18.9. The Morgan fingerprint density at radius 2 is 1.32 bits per heavy atom. The zero-order valence-corrected chi connectivity index (χ0v) is 56.3. The fourth-order valence-electron chi connectivity index (χ4n) is 13.9. The highest BCUT2D eigenvalue weighted by molar-refractivity contribution is 8.15. The Bertz CT molecular complexity index is 3430. The van der Waals surface area contributed by atoms with Crippen LogP contribution in [-0.4, -0.2) is 266 Å². The van der Waals surface area contributed by atoms with Gasteiger partial charge in [0.2, 0.25) is 35.4 Å². The lowest BCUT2D eigenvalue weighted by Crippen LogP contribution is -2.64. The Morgan fingerprint density at radius 1 is 0.707 bits per heavy atom. The molecule has 99 heavy (non-hydrogen) atoms. The van der Waals surface area contributed by atoms with Crippen LogP contribution in [0.1, 0.15) is 87.2 Å². The van der Waals surface area contributed by atoms with E-state index >= 15 is 0 Å². The smallest absolute Gasteiger partial charge is 0.266 e. The number of aliphatic hydroxyl groups is 8. The van der Waals surface area contributed by atoms with Crippen LogP contribution in [0, 0.1) is 5.92 Å². The van der Waals surface area contributed by atoms with Gasteiger partial charge in [0.25, 0.3) is 17.1 Å². The molecule has 0 bridgehead atoms. The Kier molecular flexibility index (Phi) is 25.4. The number of benzene rings is 4. The van der Waals surface area contributed by atoms with Crippen LogP contribution < -0.4 is 41.0 Å². The number of phenols is 1. The summed E-state index contributed by atoms with van der Waals surface area (Å²) in [5.74, 6) is -10.3. The number of β-amino-alcohol motifs (C(OH)–C–C–N with tert-alkyl or cyclic N) is 1. The SMILES string of the molecule is C[C@@H](O)[C@@H]1NC(=O)[C@@H](NC(=O)c2ccc(-c3ccc(N4CCN(C5CCC(C)(c6ccccc6)CC5)CC4)cc3)cc2)C[C@@H](O)CNC(=O)[C@@H]2[C@@H](O)[C@@H](C)CN2C(=O)[C@H]([C@H](O)CCNC(CO)CO)NC(=O)[C@H]([C@H](O)Cc2ccc(O)c(OS(O)(O)O)c2)NC(=O)[C@@H]2C[C@@H](O)CN2C1=O. The van der Waals surface area contributed by atoms with Gasteiger partial charge in [-0.15, -0.1) is 0 Å². The Labute approximate surface area is 575 Å². The van der Waals surface area contributed by atoms with Crippen molar-refractivity contribution >= 4 is 58.2 Å². The van der Waals surface area contributed by atoms with Crippen LogP contribution in [0.4, 0.5) is 5.69 Å². The number of carbonyl (C=O) groups is 7. The standard InChI is InChI=1S/C68H94N10O20S/c1-38-34-78-59(60(38)87)65(92)70-33-48(82)31-50(71-61(88)43-12-10-41(11-13-43)42-14-16-46(17-15-42)75-25-27-76(28-26-75)47-19-22-68(3,23-20-47)44-7-5-4-6-8-44)62(89)72-56(39(2)81)66(93)77-35-49(83)32-51(77)63(90)73-57(54(86)29-40-9-18-52(84)55(30-40)98-99(95,96)97)64(91)74-58(67(78)94)53(85)21-24-69-45(36-79)37-80/h4-18,30,38-39,45,47-51,53-54,56-60,69,79-87,95-97H,19-29,31-37H2,1-3H3,(H,70,92)(H,71,88)(H,72,89)(H,73,90)(H,74,91)/t38-,39+,47?,48+,49+,50-,51-,53+,54+,56-,57-,58-,59-,60-,68?/m0/s1. The van der Waals surface area contributed by atoms with Crippen molar-refractivity contribution in [2.75, 3.05) is 70.5 Å². The summed E-state index contributed by atoms with van der Waals surface area (Å²) in [6, 6.07) is 16.5. The molecule has 0 unspecified atom stereocenters. The molecule has 4 saturated heterocycles. The van der Waals surface area contributed by atoms with Crippen molar-refractivity contribution in [3.05, 3.63) is 114 Å². The van der Waals surface area contributed by atoms with Crippen molar-refractivity contribution in [1.29, 1.82) is 0 Å². The van der Waals surface area contributed by atoms with E-state index in [1.54, 1.807) is 12.1 Å². The first-order valence-corrected chi connectivity index (χ1v) is 34.9. The fraction of sp³-hybridized carbons (Fsp3) is 0.544. The molecule has 4 aromatic rings. The predicted molar refractivity (Wildman–Crippen MR) is 361 cm³/mol. The molecule has 4 heterocycles. The summed E-state index contributed by atoms with van der Waals surface area (Å²) in [4.78, 5) is 109. The van der Waals surface area contributed by atoms with E-state index in [-0.39, 0.29) is 29.6 Å². The molecule has 5 aliphatic rings. The first kappa shape index (κ1) is 75.6. The van der Waals surface area contributed by atoms with Gasteiger partial charge < -0.3 is 96.7 Å². The van der Waals surface area contributed by atoms with Crippen molar-refractivity contribution in [1.82, 2.24) is 46.6 Å². The minimum Gasteiger partial charge on any atom is -0.504 e. The Balaban J connectivity index is 0.951. The molecule has 9 rings (SSSR count). The number of nitrogens with zero attached hydrogens (tertiary/aromatic N) is 4. The predicted octanol–water partition coefficient (Wildman–Crippen LogP) is -1.12. The summed E-state index contributed by atoms with van der Waals surface area (Å²) in [6.07, 6.45) is -8.33. The molecule has 18 N–H and O–H groups in total. The topological polar surface area (TPSA) is 457 Å². The van der Waals surface area contributed by atoms with E-state index < -0.39 is 201 Å². The number of piperazine rings is 1. The number of rotatable bonds is 19. The number of anilines is 1. The first-order valence-electron chi connectivity index (χ1n) is 33.5. The summed E-state index contributed by atoms with van der Waals surface area (Å²) in [5, 5.41) is 114. The second kappa shape index (κ2) is 33.3. The lowest BCUT2D eigenvalue weighted by atomic mass is 9.69. The molecule has 1 aliphatic carbocycles. The van der Waals surface area contributed by atoms with Gasteiger partial charge in [-0.25, -0.2) is 0 Å². The lowest BCUT2D eigenvalue weighted by Gasteiger charge is -2.45. The van der Waals surface area contributed by atoms with E-state index in [1.807, 2.05) is 12.1 Å². The van der Waals surface area contributed by atoms with E-state index in [1.165, 1.54) is 30.7 Å². The molecular formula is C68H94N10O20S. The van der Waals surface area contributed by atoms with Crippen LogP contribution in [0.25, 0.3) is 11.1 Å². The van der Waals surface area contributed by atoms with Gasteiger partial charge in [-0.2, -0.15) is 0 Å². The Hall–Kier alpha value is -7.60. The summed E-state index contributed by atoms with van der Waals surface area (Å²) in [5.41, 5.74) is 4.30. The number of aliphatic hydroxyl groups excluding tert-OH is 8. The second-order valence-corrected chi connectivity index (χ2v) is 28.1. The third-order valence-electron chi connectivity index (χ3n) is 19.8. The van der Waals surface area contributed by atoms with E-state index in [2.05, 4.69) is 95.3 Å². The Morgan fingerprint density at radius 3 is 1.95 bits per heavy atom. The van der Waals surface area contributed by atoms with Gasteiger partial charge in [0.1, 0.15) is 36.3 Å². The zero-order valence-electron chi connectivity index (χ0n) is 55.5. The normalized spacial score (nSPS) is 28.5. The molecule has 30 nitrogen and oxygen atoms in total. The van der Waals surface area contributed by atoms with Gasteiger partial charge in [0.05, 0.1) is 55.9 Å². The van der Waals surface area contributed by atoms with Gasteiger partial charge in [-0.05, 0) is 110 Å². The molecule has 0 aromatic heterocycles. The van der Waals surface area contributed by atoms with Gasteiger partial charge in [-0.1, -0.05) is 74.5 Å². The molecule has 13 atom stereocenters. The monoisotopic (exact) mass is 1400 g/mol. The van der Waals surface area contributed by atoms with Crippen molar-refractivity contribution in [3.63, 3.8) is 0 Å². The molecular weight excluding hydrogens is 1310 g/mol. The number of amides is 7. The average molecular weight is 1400 g/mol. The maximum atomic E-state index is 15.0. The highest BCUT2D eigenvalue weighted by Gasteiger charge is 2.50. The highest BCUT2D eigenvalue weighted by atomic mass is 32.3. The van der Waals surface area contributed by atoms with Crippen molar-refractivity contribution in [2.45, 2.75) is 163 Å². The van der Waals surface area contributed by atoms with E-state index in [9.17, 15) is 93.2 Å². The van der Waals surface area contributed by atoms with E-state index in [0.717, 1.165) is 97.5 Å². The summed E-state index contributed by atoms with van der Waals surface area (Å²) < 4.78 is 33.4. The highest BCUT2D eigenvalue weighted by Crippen LogP contribution is 2.42. The molecule has 7 amide bonds. The molecule has 31 heteroatoms. The summed E-state index contributed by atoms with van der Waals surface area (Å²) in [7, 11) is 0. The summed E-state index contributed by atoms with van der Waals surface area (Å²) in [6.45, 7) is 5.68. The number of phenolic OH excluding ortho intramolecular Hbond substituents is 1. The van der Waals surface area contributed by atoms with Crippen molar-refractivity contribution in [2.24, 2.45) is 5.92 Å². The van der Waals surface area contributed by atoms with Crippen LogP contribution in [0.3, 0.4) is 0 Å². The summed E-state index contributed by atoms with van der Waals surface area (Å²) >= 11 is -4.74. The largest absolute Gasteiger partial charge is 0.504 e. The van der Waals surface area contributed by atoms with Crippen LogP contribution in [0.2, 0.25) is 0 Å². The number of nitrogens with one attached hydrogen (secondary N) is 6. The van der Waals surface area contributed by atoms with E-state index in [4.69, 9.17) is 0 Å². The van der Waals surface area contributed by atoms with Crippen molar-refractivity contribution in [3.8, 4) is 22.6 Å². The molecule has 5 fully saturated rings. The van der Waals surface area contributed by atoms with Crippen LogP contribution in [-0.2, 0) is 40.6 Å². The second-order valence-electron chi connectivity index (χ2n) is 27.0.